The molecule has 2 aromatic carbocycles. The molecule has 30 heavy (non-hydrogen) atoms. The highest BCUT2D eigenvalue weighted by Gasteiger charge is 2.29. The Labute approximate surface area is 179 Å². The van der Waals surface area contributed by atoms with Gasteiger partial charge >= 0.3 is 0 Å². The lowest BCUT2D eigenvalue weighted by molar-refractivity contribution is -0.127. The average Bonchev–Trinajstić information content (AvgIpc) is 3.32. The lowest BCUT2D eigenvalue weighted by Crippen LogP contribution is -2.44. The first-order valence-electron chi connectivity index (χ1n) is 9.80. The van der Waals surface area contributed by atoms with E-state index in [2.05, 4.69) is 4.72 Å². The van der Waals surface area contributed by atoms with Gasteiger partial charge in [0.05, 0.1) is 9.77 Å². The molecule has 4 rings (SSSR count). The monoisotopic (exact) mass is 442 g/mol. The molecule has 1 aromatic heterocycles. The van der Waals surface area contributed by atoms with E-state index in [9.17, 15) is 18.0 Å². The topological polar surface area (TPSA) is 83.6 Å². The lowest BCUT2D eigenvalue weighted by Gasteiger charge is -2.31. The van der Waals surface area contributed by atoms with Crippen LogP contribution >= 0.6 is 11.3 Å². The fourth-order valence-corrected chi connectivity index (χ4v) is 5.73. The lowest BCUT2D eigenvalue weighted by atomic mass is 9.97. The summed E-state index contributed by atoms with van der Waals surface area (Å²) in [4.78, 5) is 26.9. The number of carbonyl (C=O) groups excluding carboxylic acids is 2. The van der Waals surface area contributed by atoms with Gasteiger partial charge in [-0.05, 0) is 41.7 Å². The number of carbonyl (C=O) groups is 2. The van der Waals surface area contributed by atoms with Crippen LogP contribution in [-0.4, -0.2) is 44.6 Å². The zero-order chi connectivity index (χ0) is 21.1. The number of rotatable bonds is 6. The van der Waals surface area contributed by atoms with Crippen molar-refractivity contribution in [3.05, 3.63) is 64.9 Å². The van der Waals surface area contributed by atoms with E-state index in [1.54, 1.807) is 40.6 Å². The zero-order valence-electron chi connectivity index (χ0n) is 16.3. The molecule has 1 N–H and O–H groups in total. The highest BCUT2D eigenvalue weighted by Crippen LogP contribution is 2.24. The van der Waals surface area contributed by atoms with Crippen LogP contribution in [0.1, 0.15) is 22.5 Å². The van der Waals surface area contributed by atoms with Gasteiger partial charge in [-0.25, -0.2) is 13.1 Å². The maximum atomic E-state index is 12.9. The molecule has 1 aliphatic rings. The van der Waals surface area contributed by atoms with Gasteiger partial charge in [-0.2, -0.15) is 0 Å². The summed E-state index contributed by atoms with van der Waals surface area (Å²) in [6.07, 6.45) is 1.31. The summed E-state index contributed by atoms with van der Waals surface area (Å²) in [6.45, 7) is 1.22. The van der Waals surface area contributed by atoms with Crippen molar-refractivity contribution in [2.45, 2.75) is 17.7 Å². The molecule has 1 fully saturated rings. The van der Waals surface area contributed by atoms with Crippen LogP contribution in [0.4, 0.5) is 0 Å². The third kappa shape index (κ3) is 4.30. The Morgan fingerprint density at radius 1 is 1.00 bits per heavy atom. The molecule has 0 aliphatic carbocycles. The first kappa shape index (κ1) is 20.7. The minimum absolute atomic E-state index is 0.121. The Bertz CT molecular complexity index is 1160. The van der Waals surface area contributed by atoms with Gasteiger partial charge in [0.1, 0.15) is 0 Å². The number of amides is 1. The van der Waals surface area contributed by atoms with Gasteiger partial charge in [0.2, 0.25) is 10.0 Å². The van der Waals surface area contributed by atoms with E-state index in [0.717, 1.165) is 5.39 Å². The van der Waals surface area contributed by atoms with E-state index in [4.69, 9.17) is 0 Å². The van der Waals surface area contributed by atoms with Crippen molar-refractivity contribution in [3.8, 4) is 0 Å². The molecule has 1 amide bonds. The molecule has 156 valence electrons. The van der Waals surface area contributed by atoms with E-state index in [0.29, 0.717) is 42.7 Å². The molecule has 6 nitrogen and oxygen atoms in total. The van der Waals surface area contributed by atoms with Gasteiger partial charge in [0, 0.05) is 25.0 Å². The second-order valence-electron chi connectivity index (χ2n) is 7.37. The molecule has 1 aliphatic heterocycles. The van der Waals surface area contributed by atoms with Crippen LogP contribution in [0.25, 0.3) is 10.8 Å². The van der Waals surface area contributed by atoms with Gasteiger partial charge in [-0.1, -0.05) is 42.5 Å². The average molecular weight is 443 g/mol. The third-order valence-corrected chi connectivity index (χ3v) is 7.79. The molecule has 0 spiro atoms. The Kier molecular flexibility index (Phi) is 5.99. The number of nitrogens with zero attached hydrogens (tertiary/aromatic N) is 1. The van der Waals surface area contributed by atoms with Crippen LogP contribution < -0.4 is 4.72 Å². The summed E-state index contributed by atoms with van der Waals surface area (Å²) >= 11 is 1.26. The first-order valence-corrected chi connectivity index (χ1v) is 12.2. The van der Waals surface area contributed by atoms with E-state index in [-0.39, 0.29) is 10.8 Å². The highest BCUT2D eigenvalue weighted by molar-refractivity contribution is 7.89. The molecule has 0 bridgehead atoms. The quantitative estimate of drug-likeness (QED) is 0.469. The van der Waals surface area contributed by atoms with E-state index >= 15 is 0 Å². The van der Waals surface area contributed by atoms with Crippen molar-refractivity contribution in [1.29, 1.82) is 0 Å². The van der Waals surface area contributed by atoms with Crippen molar-refractivity contribution < 1.29 is 18.0 Å². The molecule has 2 heterocycles. The first-order chi connectivity index (χ1) is 14.5. The van der Waals surface area contributed by atoms with Gasteiger partial charge in [0.25, 0.3) is 11.7 Å². The summed E-state index contributed by atoms with van der Waals surface area (Å²) in [5.74, 6) is -0.831. The number of fused-ring (bicyclic) bond motifs is 1. The molecular formula is C22H22N2O4S2. The Balaban J connectivity index is 1.35. The van der Waals surface area contributed by atoms with Gasteiger partial charge < -0.3 is 4.90 Å². The maximum Gasteiger partial charge on any atom is 0.295 e. The molecule has 3 aromatic rings. The summed E-state index contributed by atoms with van der Waals surface area (Å²) in [6, 6.07) is 16.0. The molecule has 8 heteroatoms. The number of piperidine rings is 1. The SMILES string of the molecule is O=C(C(=O)N1CCC(CNS(=O)(=O)c2cccc3ccccc23)CC1)c1cccs1. The zero-order valence-corrected chi connectivity index (χ0v) is 17.9. The standard InChI is InChI=1S/C22H22N2O4S2/c25-21(19-8-4-14-29-19)22(26)24-12-10-16(11-13-24)15-23-30(27,28)20-9-3-6-17-5-1-2-7-18(17)20/h1-9,14,16,23H,10-13,15H2. The molecule has 0 radical (unpaired) electrons. The second kappa shape index (κ2) is 8.67. The Hall–Kier alpha value is -2.55. The van der Waals surface area contributed by atoms with Crippen LogP contribution in [0.5, 0.6) is 0 Å². The number of nitrogens with one attached hydrogen (secondary N) is 1. The highest BCUT2D eigenvalue weighted by atomic mass is 32.2. The Morgan fingerprint density at radius 3 is 2.47 bits per heavy atom. The van der Waals surface area contributed by atoms with Crippen molar-refractivity contribution in [2.24, 2.45) is 5.92 Å². The predicted molar refractivity (Wildman–Crippen MR) is 117 cm³/mol. The minimum atomic E-state index is -3.64. The van der Waals surface area contributed by atoms with Gasteiger partial charge in [-0.15, -0.1) is 11.3 Å². The van der Waals surface area contributed by atoms with Crippen LogP contribution in [0.3, 0.4) is 0 Å². The molecule has 1 saturated heterocycles. The Morgan fingerprint density at radius 2 is 1.73 bits per heavy atom. The largest absolute Gasteiger partial charge is 0.336 e. The number of hydrogen-bond acceptors (Lipinski definition) is 5. The number of ketones is 1. The van der Waals surface area contributed by atoms with Crippen molar-refractivity contribution in [1.82, 2.24) is 9.62 Å². The summed E-state index contributed by atoms with van der Waals surface area (Å²) in [5.41, 5.74) is 0. The van der Waals surface area contributed by atoms with E-state index in [1.807, 2.05) is 24.3 Å². The molecule has 0 saturated carbocycles. The number of Topliss-reactive ketones (excluding diaryl/α,β-unsaturated/α-hetero) is 1. The van der Waals surface area contributed by atoms with Crippen LogP contribution in [0.2, 0.25) is 0 Å². The van der Waals surface area contributed by atoms with Gasteiger partial charge in [0.15, 0.2) is 0 Å². The van der Waals surface area contributed by atoms with Crippen LogP contribution in [-0.2, 0) is 14.8 Å². The number of thiophene rings is 1. The summed E-state index contributed by atoms with van der Waals surface area (Å²) < 4.78 is 28.5. The van der Waals surface area contributed by atoms with Crippen LogP contribution in [0.15, 0.2) is 64.9 Å². The molecule has 0 atom stereocenters. The van der Waals surface area contributed by atoms with E-state index in [1.165, 1.54) is 11.3 Å². The second-order valence-corrected chi connectivity index (χ2v) is 10.1. The summed E-state index contributed by atoms with van der Waals surface area (Å²) in [7, 11) is -3.64. The van der Waals surface area contributed by atoms with Gasteiger partial charge in [-0.3, -0.25) is 9.59 Å². The molecule has 0 unspecified atom stereocenters. The number of sulfonamides is 1. The predicted octanol–water partition coefficient (Wildman–Crippen LogP) is 3.30. The van der Waals surface area contributed by atoms with E-state index < -0.39 is 21.7 Å². The number of benzene rings is 2. The number of likely N-dealkylation sites (tertiary alicyclic amines) is 1. The number of hydrogen-bond donors (Lipinski definition) is 1. The van der Waals surface area contributed by atoms with Crippen LogP contribution in [0, 0.1) is 5.92 Å². The normalized spacial score (nSPS) is 15.4. The smallest absolute Gasteiger partial charge is 0.295 e. The van der Waals surface area contributed by atoms with Crippen molar-refractivity contribution in [3.63, 3.8) is 0 Å². The molecular weight excluding hydrogens is 420 g/mol. The third-order valence-electron chi connectivity index (χ3n) is 5.44. The maximum absolute atomic E-state index is 12.9. The van der Waals surface area contributed by atoms with Crippen molar-refractivity contribution in [2.75, 3.05) is 19.6 Å². The fourth-order valence-electron chi connectivity index (χ4n) is 3.73. The van der Waals surface area contributed by atoms with Crippen molar-refractivity contribution >= 4 is 43.8 Å². The minimum Gasteiger partial charge on any atom is -0.336 e. The fraction of sp³-hybridized carbons (Fsp3) is 0.273. The summed E-state index contributed by atoms with van der Waals surface area (Å²) in [5, 5.41) is 3.34.